The van der Waals surface area contributed by atoms with Gasteiger partial charge in [-0.3, -0.25) is 0 Å². The molecule has 0 aliphatic carbocycles. The highest BCUT2D eigenvalue weighted by atomic mass is 14.9. The van der Waals surface area contributed by atoms with Gasteiger partial charge in [0.2, 0.25) is 0 Å². The number of hydrogen-bond acceptors (Lipinski definition) is 1. The molecule has 2 N–H and O–H groups in total. The molecule has 1 aromatic carbocycles. The summed E-state index contributed by atoms with van der Waals surface area (Å²) < 4.78 is 2.11. The average Bonchev–Trinajstić information content (AvgIpc) is 2.65. The molecule has 0 amide bonds. The van der Waals surface area contributed by atoms with Crippen molar-refractivity contribution in [3.63, 3.8) is 0 Å². The molecule has 0 fully saturated rings. The van der Waals surface area contributed by atoms with Gasteiger partial charge in [-0.05, 0) is 29.3 Å². The molecule has 1 aromatic heterocycles. The number of nitrogens with two attached hydrogens (primary N) is 1. The summed E-state index contributed by atoms with van der Waals surface area (Å²) in [7, 11) is 2.05. The molecule has 0 spiro atoms. The third-order valence-corrected chi connectivity index (χ3v) is 2.40. The molecule has 0 unspecified atom stereocenters. The molecule has 0 saturated heterocycles. The number of aryl methyl sites for hydroxylation is 1. The van der Waals surface area contributed by atoms with Crippen molar-refractivity contribution in [1.82, 2.24) is 4.57 Å². The van der Waals surface area contributed by atoms with E-state index >= 15 is 0 Å². The van der Waals surface area contributed by atoms with Crippen molar-refractivity contribution in [3.8, 4) is 11.3 Å². The third kappa shape index (κ3) is 1.56. The first-order valence-corrected chi connectivity index (χ1v) is 4.72. The molecule has 0 radical (unpaired) electrons. The van der Waals surface area contributed by atoms with Gasteiger partial charge in [-0.2, -0.15) is 0 Å². The second-order valence-electron chi connectivity index (χ2n) is 3.41. The highest BCUT2D eigenvalue weighted by molar-refractivity contribution is 5.60. The third-order valence-electron chi connectivity index (χ3n) is 2.40. The standard InChI is InChI=1S/C12H14N2/c1-14-7-3-6-12(14)11-5-2-4-10(8-11)9-13/h2-8H,9,13H2,1H3. The van der Waals surface area contributed by atoms with E-state index in [4.69, 9.17) is 5.73 Å². The molecule has 0 saturated carbocycles. The molecule has 2 rings (SSSR count). The van der Waals surface area contributed by atoms with Crippen LogP contribution in [0.5, 0.6) is 0 Å². The Kier molecular flexibility index (Phi) is 2.37. The zero-order valence-corrected chi connectivity index (χ0v) is 8.27. The van der Waals surface area contributed by atoms with Crippen LogP contribution in [0.2, 0.25) is 0 Å². The molecule has 2 heteroatoms. The maximum atomic E-state index is 5.60. The van der Waals surface area contributed by atoms with Crippen molar-refractivity contribution >= 4 is 0 Å². The van der Waals surface area contributed by atoms with Crippen molar-refractivity contribution in [1.29, 1.82) is 0 Å². The monoisotopic (exact) mass is 186 g/mol. The summed E-state index contributed by atoms with van der Waals surface area (Å²) in [6.07, 6.45) is 2.05. The largest absolute Gasteiger partial charge is 0.351 e. The van der Waals surface area contributed by atoms with Crippen LogP contribution in [0.25, 0.3) is 11.3 Å². The zero-order chi connectivity index (χ0) is 9.97. The Bertz CT molecular complexity index is 429. The van der Waals surface area contributed by atoms with E-state index in [0.717, 1.165) is 0 Å². The van der Waals surface area contributed by atoms with E-state index in [0.29, 0.717) is 6.54 Å². The van der Waals surface area contributed by atoms with E-state index < -0.39 is 0 Å². The van der Waals surface area contributed by atoms with Crippen molar-refractivity contribution in [2.45, 2.75) is 6.54 Å². The van der Waals surface area contributed by atoms with Crippen molar-refractivity contribution in [2.24, 2.45) is 12.8 Å². The zero-order valence-electron chi connectivity index (χ0n) is 8.27. The number of aromatic nitrogens is 1. The Hall–Kier alpha value is -1.54. The highest BCUT2D eigenvalue weighted by Crippen LogP contribution is 2.19. The molecular formula is C12H14N2. The van der Waals surface area contributed by atoms with E-state index in [1.165, 1.54) is 16.8 Å². The fourth-order valence-electron chi connectivity index (χ4n) is 1.62. The summed E-state index contributed by atoms with van der Waals surface area (Å²) in [4.78, 5) is 0. The molecule has 0 bridgehead atoms. The Balaban J connectivity index is 2.47. The van der Waals surface area contributed by atoms with E-state index in [1.807, 2.05) is 31.4 Å². The molecule has 0 atom stereocenters. The molecule has 2 nitrogen and oxygen atoms in total. The van der Waals surface area contributed by atoms with Crippen molar-refractivity contribution in [2.75, 3.05) is 0 Å². The maximum absolute atomic E-state index is 5.60. The van der Waals surface area contributed by atoms with Crippen LogP contribution in [0.15, 0.2) is 42.6 Å². The second kappa shape index (κ2) is 3.68. The average molecular weight is 186 g/mol. The van der Waals surface area contributed by atoms with Crippen LogP contribution in [-0.2, 0) is 13.6 Å². The first-order valence-electron chi connectivity index (χ1n) is 4.72. The fourth-order valence-corrected chi connectivity index (χ4v) is 1.62. The van der Waals surface area contributed by atoms with E-state index in [1.54, 1.807) is 0 Å². The quantitative estimate of drug-likeness (QED) is 0.765. The summed E-state index contributed by atoms with van der Waals surface area (Å²) in [5, 5.41) is 0. The van der Waals surface area contributed by atoms with Gasteiger partial charge in [0, 0.05) is 25.5 Å². The van der Waals surface area contributed by atoms with Crippen LogP contribution >= 0.6 is 0 Å². The van der Waals surface area contributed by atoms with Crippen LogP contribution < -0.4 is 5.73 Å². The number of benzene rings is 1. The lowest BCUT2D eigenvalue weighted by Crippen LogP contribution is -1.96. The minimum atomic E-state index is 0.595. The summed E-state index contributed by atoms with van der Waals surface area (Å²) in [5.74, 6) is 0. The van der Waals surface area contributed by atoms with Gasteiger partial charge in [0.05, 0.1) is 0 Å². The Morgan fingerprint density at radius 3 is 2.71 bits per heavy atom. The van der Waals surface area contributed by atoms with Gasteiger partial charge in [0.15, 0.2) is 0 Å². The Labute approximate surface area is 84.0 Å². The predicted octanol–water partition coefficient (Wildman–Crippen LogP) is 2.15. The minimum absolute atomic E-state index is 0.595. The Morgan fingerprint density at radius 1 is 1.21 bits per heavy atom. The first kappa shape index (κ1) is 9.03. The van der Waals surface area contributed by atoms with Gasteiger partial charge in [-0.1, -0.05) is 18.2 Å². The van der Waals surface area contributed by atoms with Gasteiger partial charge < -0.3 is 10.3 Å². The van der Waals surface area contributed by atoms with Crippen LogP contribution in [0.1, 0.15) is 5.56 Å². The van der Waals surface area contributed by atoms with Gasteiger partial charge >= 0.3 is 0 Å². The summed E-state index contributed by atoms with van der Waals surface area (Å²) in [6.45, 7) is 0.595. The van der Waals surface area contributed by atoms with Crippen molar-refractivity contribution in [3.05, 3.63) is 48.2 Å². The molecule has 0 aliphatic rings. The molecular weight excluding hydrogens is 172 g/mol. The van der Waals surface area contributed by atoms with Crippen LogP contribution in [-0.4, -0.2) is 4.57 Å². The van der Waals surface area contributed by atoms with Gasteiger partial charge in [0.1, 0.15) is 0 Å². The lowest BCUT2D eigenvalue weighted by Gasteiger charge is -2.05. The Morgan fingerprint density at radius 2 is 2.07 bits per heavy atom. The molecule has 72 valence electrons. The van der Waals surface area contributed by atoms with E-state index in [9.17, 15) is 0 Å². The molecule has 2 aromatic rings. The summed E-state index contributed by atoms with van der Waals surface area (Å²) in [6, 6.07) is 12.5. The first-order chi connectivity index (χ1) is 6.81. The number of nitrogens with zero attached hydrogens (tertiary/aromatic N) is 1. The topological polar surface area (TPSA) is 30.9 Å². The fraction of sp³-hybridized carbons (Fsp3) is 0.167. The van der Waals surface area contributed by atoms with E-state index in [-0.39, 0.29) is 0 Å². The van der Waals surface area contributed by atoms with Crippen LogP contribution in [0.4, 0.5) is 0 Å². The van der Waals surface area contributed by atoms with Crippen molar-refractivity contribution < 1.29 is 0 Å². The lowest BCUT2D eigenvalue weighted by molar-refractivity contribution is 0.936. The highest BCUT2D eigenvalue weighted by Gasteiger charge is 2.00. The smallest absolute Gasteiger partial charge is 0.0477 e. The lowest BCUT2D eigenvalue weighted by atomic mass is 10.1. The molecule has 0 aliphatic heterocycles. The summed E-state index contributed by atoms with van der Waals surface area (Å²) >= 11 is 0. The van der Waals surface area contributed by atoms with Gasteiger partial charge in [-0.15, -0.1) is 0 Å². The van der Waals surface area contributed by atoms with E-state index in [2.05, 4.69) is 22.8 Å². The molecule has 1 heterocycles. The van der Waals surface area contributed by atoms with Crippen LogP contribution in [0, 0.1) is 0 Å². The SMILES string of the molecule is Cn1cccc1-c1cccc(CN)c1. The number of rotatable bonds is 2. The predicted molar refractivity (Wildman–Crippen MR) is 58.7 cm³/mol. The minimum Gasteiger partial charge on any atom is -0.351 e. The second-order valence-corrected chi connectivity index (χ2v) is 3.41. The number of hydrogen-bond donors (Lipinski definition) is 1. The molecule has 14 heavy (non-hydrogen) atoms. The van der Waals surface area contributed by atoms with Crippen LogP contribution in [0.3, 0.4) is 0 Å². The van der Waals surface area contributed by atoms with Gasteiger partial charge in [0.25, 0.3) is 0 Å². The maximum Gasteiger partial charge on any atom is 0.0477 e. The van der Waals surface area contributed by atoms with Gasteiger partial charge in [-0.25, -0.2) is 0 Å². The summed E-state index contributed by atoms with van der Waals surface area (Å²) in [5.41, 5.74) is 9.22. The normalized spacial score (nSPS) is 10.4.